The molecular formula is C29H34F6N4O2. The lowest BCUT2D eigenvalue weighted by molar-refractivity contribution is -0.138. The van der Waals surface area contributed by atoms with Crippen LogP contribution in [-0.4, -0.2) is 66.9 Å². The van der Waals surface area contributed by atoms with Gasteiger partial charge in [0.25, 0.3) is 5.91 Å². The number of carbonyl (C=O) groups excluding carboxylic acids is 2. The first kappa shape index (κ1) is 30.8. The Balaban J connectivity index is 1.12. The summed E-state index contributed by atoms with van der Waals surface area (Å²) in [6.07, 6.45) is -5.16. The fraction of sp³-hybridized carbons (Fsp3) is 0.517. The number of hydrogen-bond acceptors (Lipinski definition) is 4. The van der Waals surface area contributed by atoms with E-state index in [1.165, 1.54) is 18.2 Å². The highest BCUT2D eigenvalue weighted by molar-refractivity contribution is 5.96. The molecule has 12 heteroatoms. The van der Waals surface area contributed by atoms with Gasteiger partial charge < -0.3 is 15.5 Å². The Morgan fingerprint density at radius 3 is 2.15 bits per heavy atom. The average molecular weight is 585 g/mol. The summed E-state index contributed by atoms with van der Waals surface area (Å²) < 4.78 is 77.5. The summed E-state index contributed by atoms with van der Waals surface area (Å²) in [4.78, 5) is 29.0. The van der Waals surface area contributed by atoms with Crippen molar-refractivity contribution in [3.8, 4) is 0 Å². The molecule has 0 radical (unpaired) electrons. The molecule has 0 aromatic heterocycles. The maximum Gasteiger partial charge on any atom is 0.416 e. The SMILES string of the molecule is O=C(CNC(=O)c1cccc(C(F)(F)F)c1)N[C@@H]1CCN(CCC2CCN(Cc3cccc(C(F)(F)F)c3)CC2)C1. The van der Waals surface area contributed by atoms with E-state index in [-0.39, 0.29) is 18.2 Å². The van der Waals surface area contributed by atoms with Crippen molar-refractivity contribution < 1.29 is 35.9 Å². The molecule has 4 rings (SSSR count). The predicted molar refractivity (Wildman–Crippen MR) is 141 cm³/mol. The summed E-state index contributed by atoms with van der Waals surface area (Å²) >= 11 is 0. The first-order valence-corrected chi connectivity index (χ1v) is 13.7. The summed E-state index contributed by atoms with van der Waals surface area (Å²) in [6, 6.07) is 9.47. The third-order valence-electron chi connectivity index (χ3n) is 7.72. The number of halogens is 6. The zero-order valence-corrected chi connectivity index (χ0v) is 22.5. The first-order chi connectivity index (χ1) is 19.4. The van der Waals surface area contributed by atoms with Crippen molar-refractivity contribution in [1.82, 2.24) is 20.4 Å². The van der Waals surface area contributed by atoms with Gasteiger partial charge in [0.05, 0.1) is 17.7 Å². The predicted octanol–water partition coefficient (Wildman–Crippen LogP) is 4.95. The second-order valence-electron chi connectivity index (χ2n) is 10.8. The second kappa shape index (κ2) is 13.2. The molecule has 0 spiro atoms. The van der Waals surface area contributed by atoms with Gasteiger partial charge in [0, 0.05) is 31.2 Å². The Morgan fingerprint density at radius 1 is 0.829 bits per heavy atom. The number of rotatable bonds is 9. The smallest absolute Gasteiger partial charge is 0.350 e. The molecule has 0 aliphatic carbocycles. The molecule has 2 fully saturated rings. The number of carbonyl (C=O) groups is 2. The standard InChI is InChI=1S/C29H34F6N4O2/c30-28(31,32)23-5-1-3-21(15-23)18-38-11-7-20(8-12-38)9-13-39-14-10-25(19-39)37-26(40)17-36-27(41)22-4-2-6-24(16-22)29(33,34)35/h1-6,15-16,20,25H,7-14,17-19H2,(H,36,41)(H,37,40)/t25-/m1/s1. The minimum Gasteiger partial charge on any atom is -0.350 e. The molecule has 2 amide bonds. The summed E-state index contributed by atoms with van der Waals surface area (Å²) in [5.41, 5.74) is -1.05. The Morgan fingerprint density at radius 2 is 1.46 bits per heavy atom. The van der Waals surface area contributed by atoms with Crippen molar-refractivity contribution in [1.29, 1.82) is 0 Å². The Bertz CT molecular complexity index is 1190. The third kappa shape index (κ3) is 9.19. The molecule has 0 bridgehead atoms. The van der Waals surface area contributed by atoms with Gasteiger partial charge in [0.15, 0.2) is 0 Å². The van der Waals surface area contributed by atoms with Crippen LogP contribution in [0.4, 0.5) is 26.3 Å². The molecule has 2 aromatic carbocycles. The number of benzene rings is 2. The van der Waals surface area contributed by atoms with Crippen molar-refractivity contribution in [3.05, 3.63) is 70.8 Å². The van der Waals surface area contributed by atoms with Crippen LogP contribution in [0.2, 0.25) is 0 Å². The Labute approximate surface area is 235 Å². The van der Waals surface area contributed by atoms with E-state index < -0.39 is 35.3 Å². The molecule has 2 heterocycles. The van der Waals surface area contributed by atoms with E-state index in [2.05, 4.69) is 20.4 Å². The van der Waals surface area contributed by atoms with Crippen LogP contribution in [0.3, 0.4) is 0 Å². The van der Waals surface area contributed by atoms with E-state index in [9.17, 15) is 35.9 Å². The molecule has 0 unspecified atom stereocenters. The monoisotopic (exact) mass is 584 g/mol. The molecule has 2 N–H and O–H groups in total. The van der Waals surface area contributed by atoms with Crippen LogP contribution >= 0.6 is 0 Å². The number of alkyl halides is 6. The van der Waals surface area contributed by atoms with Gasteiger partial charge in [0.2, 0.25) is 5.91 Å². The minimum absolute atomic E-state index is 0.0673. The van der Waals surface area contributed by atoms with E-state index >= 15 is 0 Å². The number of nitrogens with zero attached hydrogens (tertiary/aromatic N) is 2. The van der Waals surface area contributed by atoms with Crippen molar-refractivity contribution in [2.75, 3.05) is 39.3 Å². The lowest BCUT2D eigenvalue weighted by Crippen LogP contribution is -2.43. The van der Waals surface area contributed by atoms with Crippen LogP contribution in [0.25, 0.3) is 0 Å². The highest BCUT2D eigenvalue weighted by Crippen LogP contribution is 2.31. The summed E-state index contributed by atoms with van der Waals surface area (Å²) in [5.74, 6) is -0.613. The van der Waals surface area contributed by atoms with Crippen molar-refractivity contribution in [2.45, 2.75) is 50.6 Å². The fourth-order valence-corrected chi connectivity index (χ4v) is 5.43. The summed E-state index contributed by atoms with van der Waals surface area (Å²) in [5, 5.41) is 5.25. The van der Waals surface area contributed by atoms with Gasteiger partial charge in [-0.25, -0.2) is 0 Å². The number of nitrogens with one attached hydrogen (secondary N) is 2. The van der Waals surface area contributed by atoms with E-state index in [1.807, 2.05) is 0 Å². The van der Waals surface area contributed by atoms with Gasteiger partial charge in [-0.2, -0.15) is 26.3 Å². The van der Waals surface area contributed by atoms with Crippen molar-refractivity contribution in [3.63, 3.8) is 0 Å². The highest BCUT2D eigenvalue weighted by Gasteiger charge is 2.32. The average Bonchev–Trinajstić information content (AvgIpc) is 3.37. The van der Waals surface area contributed by atoms with Crippen molar-refractivity contribution >= 4 is 11.8 Å². The quantitative estimate of drug-likeness (QED) is 0.410. The second-order valence-corrected chi connectivity index (χ2v) is 10.8. The highest BCUT2D eigenvalue weighted by atomic mass is 19.4. The zero-order chi connectivity index (χ0) is 29.6. The molecule has 0 saturated carbocycles. The Kier molecular flexibility index (Phi) is 9.96. The molecule has 2 saturated heterocycles. The van der Waals surface area contributed by atoms with Gasteiger partial charge in [-0.05, 0) is 81.1 Å². The topological polar surface area (TPSA) is 64.7 Å². The van der Waals surface area contributed by atoms with E-state index in [1.54, 1.807) is 6.07 Å². The fourth-order valence-electron chi connectivity index (χ4n) is 5.43. The molecule has 2 aliphatic heterocycles. The van der Waals surface area contributed by atoms with Gasteiger partial charge in [0.1, 0.15) is 0 Å². The summed E-state index contributed by atoms with van der Waals surface area (Å²) in [6.45, 7) is 4.25. The number of hydrogen-bond donors (Lipinski definition) is 2. The van der Waals surface area contributed by atoms with E-state index in [0.29, 0.717) is 24.6 Å². The number of amides is 2. The molecule has 2 aliphatic rings. The zero-order valence-electron chi connectivity index (χ0n) is 22.5. The van der Waals surface area contributed by atoms with Crippen LogP contribution in [-0.2, 0) is 23.7 Å². The van der Waals surface area contributed by atoms with Crippen LogP contribution < -0.4 is 10.6 Å². The maximum atomic E-state index is 13.0. The van der Waals surface area contributed by atoms with Crippen molar-refractivity contribution in [2.24, 2.45) is 5.92 Å². The maximum absolute atomic E-state index is 13.0. The molecule has 6 nitrogen and oxygen atoms in total. The molecular weight excluding hydrogens is 550 g/mol. The van der Waals surface area contributed by atoms with Crippen LogP contribution in [0.5, 0.6) is 0 Å². The van der Waals surface area contributed by atoms with Gasteiger partial charge in [-0.15, -0.1) is 0 Å². The normalized spacial score (nSPS) is 19.3. The van der Waals surface area contributed by atoms with E-state index in [4.69, 9.17) is 0 Å². The number of likely N-dealkylation sites (tertiary alicyclic amines) is 2. The number of piperidine rings is 1. The Hall–Kier alpha value is -3.12. The van der Waals surface area contributed by atoms with Gasteiger partial charge >= 0.3 is 12.4 Å². The van der Waals surface area contributed by atoms with Gasteiger partial charge in [-0.3, -0.25) is 14.5 Å². The van der Waals surface area contributed by atoms with Gasteiger partial charge in [-0.1, -0.05) is 24.3 Å². The first-order valence-electron chi connectivity index (χ1n) is 13.7. The molecule has 224 valence electrons. The van der Waals surface area contributed by atoms with Crippen LogP contribution in [0, 0.1) is 5.92 Å². The summed E-state index contributed by atoms with van der Waals surface area (Å²) in [7, 11) is 0. The largest absolute Gasteiger partial charge is 0.416 e. The molecule has 1 atom stereocenters. The minimum atomic E-state index is -4.56. The third-order valence-corrected chi connectivity index (χ3v) is 7.72. The van der Waals surface area contributed by atoms with Crippen LogP contribution in [0.15, 0.2) is 48.5 Å². The van der Waals surface area contributed by atoms with E-state index in [0.717, 1.165) is 76.1 Å². The lowest BCUT2D eigenvalue weighted by atomic mass is 9.93. The molecule has 2 aromatic rings. The lowest BCUT2D eigenvalue weighted by Gasteiger charge is -2.33. The van der Waals surface area contributed by atoms with Crippen LogP contribution in [0.1, 0.15) is 52.7 Å². The molecule has 41 heavy (non-hydrogen) atoms.